The molecule has 1 rings (SSSR count). The average Bonchev–Trinajstić information content (AvgIpc) is 2.16. The zero-order chi connectivity index (χ0) is 12.3. The summed E-state index contributed by atoms with van der Waals surface area (Å²) in [5.74, 6) is -5.82. The quantitative estimate of drug-likeness (QED) is 0.530. The van der Waals surface area contributed by atoms with Gasteiger partial charge < -0.3 is 9.84 Å². The summed E-state index contributed by atoms with van der Waals surface area (Å²) in [6.07, 6.45) is -0.574. The first-order chi connectivity index (χ1) is 7.47. The number of carboxylic acid groups (broad SMARTS) is 1. The first-order valence-corrected chi connectivity index (χ1v) is 4.92. The van der Waals surface area contributed by atoms with Crippen molar-refractivity contribution in [2.24, 2.45) is 11.8 Å². The number of rotatable bonds is 3. The minimum absolute atomic E-state index is 0.0816. The van der Waals surface area contributed by atoms with Gasteiger partial charge in [0.05, 0.1) is 12.5 Å². The molecular weight excluding hydrogens is 216 g/mol. The highest BCUT2D eigenvalue weighted by atomic mass is 16.5. The van der Waals surface area contributed by atoms with E-state index in [4.69, 9.17) is 5.11 Å². The molecule has 0 saturated heterocycles. The lowest BCUT2D eigenvalue weighted by atomic mass is 9.80. The van der Waals surface area contributed by atoms with Crippen LogP contribution in [-0.4, -0.2) is 35.2 Å². The minimum Gasteiger partial charge on any atom is -0.481 e. The second-order valence-corrected chi connectivity index (χ2v) is 3.56. The van der Waals surface area contributed by atoms with Gasteiger partial charge in [0.25, 0.3) is 0 Å². The van der Waals surface area contributed by atoms with Gasteiger partial charge in [-0.2, -0.15) is 0 Å². The number of aliphatic carboxylic acids is 1. The molecule has 6 heteroatoms. The highest BCUT2D eigenvalue weighted by molar-refractivity contribution is 6.19. The summed E-state index contributed by atoms with van der Waals surface area (Å²) in [6.45, 7) is 1.65. The van der Waals surface area contributed by atoms with Gasteiger partial charge >= 0.3 is 11.9 Å². The van der Waals surface area contributed by atoms with Crippen LogP contribution in [0, 0.1) is 11.8 Å². The van der Waals surface area contributed by atoms with Gasteiger partial charge in [-0.1, -0.05) is 0 Å². The van der Waals surface area contributed by atoms with Gasteiger partial charge in [-0.05, 0) is 6.92 Å². The zero-order valence-corrected chi connectivity index (χ0v) is 8.76. The summed E-state index contributed by atoms with van der Waals surface area (Å²) in [4.78, 5) is 44.8. The molecule has 0 amide bonds. The van der Waals surface area contributed by atoms with Crippen LogP contribution in [0.25, 0.3) is 0 Å². The Morgan fingerprint density at radius 1 is 1.31 bits per heavy atom. The molecule has 16 heavy (non-hydrogen) atoms. The maximum absolute atomic E-state index is 11.5. The molecule has 0 aliphatic heterocycles. The van der Waals surface area contributed by atoms with Gasteiger partial charge in [0.15, 0.2) is 17.5 Å². The van der Waals surface area contributed by atoms with Crippen LogP contribution in [0.4, 0.5) is 0 Å². The van der Waals surface area contributed by atoms with E-state index in [0.717, 1.165) is 0 Å². The second kappa shape index (κ2) is 4.87. The molecule has 88 valence electrons. The first-order valence-electron chi connectivity index (χ1n) is 4.92. The molecule has 6 nitrogen and oxygen atoms in total. The van der Waals surface area contributed by atoms with E-state index in [0.29, 0.717) is 0 Å². The van der Waals surface area contributed by atoms with Gasteiger partial charge in [0.1, 0.15) is 0 Å². The van der Waals surface area contributed by atoms with E-state index in [1.807, 2.05) is 0 Å². The van der Waals surface area contributed by atoms with E-state index < -0.39 is 35.3 Å². The number of ether oxygens (including phenoxy) is 1. The average molecular weight is 228 g/mol. The Bertz CT molecular complexity index is 327. The van der Waals surface area contributed by atoms with Crippen LogP contribution in [0.5, 0.6) is 0 Å². The zero-order valence-electron chi connectivity index (χ0n) is 8.76. The van der Waals surface area contributed by atoms with Crippen molar-refractivity contribution < 1.29 is 29.0 Å². The van der Waals surface area contributed by atoms with Gasteiger partial charge in [-0.25, -0.2) is 0 Å². The van der Waals surface area contributed by atoms with E-state index in [1.165, 1.54) is 0 Å². The summed E-state index contributed by atoms with van der Waals surface area (Å²) >= 11 is 0. The highest BCUT2D eigenvalue weighted by Crippen LogP contribution is 2.24. The van der Waals surface area contributed by atoms with Crippen LogP contribution >= 0.6 is 0 Å². The number of carbonyl (C=O) groups excluding carboxylic acids is 3. The summed E-state index contributed by atoms with van der Waals surface area (Å²) in [6, 6.07) is 0. The van der Waals surface area contributed by atoms with Gasteiger partial charge in [0.2, 0.25) is 0 Å². The molecule has 0 aromatic heterocycles. The molecule has 0 aromatic carbocycles. The third-order valence-electron chi connectivity index (χ3n) is 2.41. The monoisotopic (exact) mass is 228 g/mol. The predicted molar refractivity (Wildman–Crippen MR) is 50.5 cm³/mol. The van der Waals surface area contributed by atoms with E-state index in [2.05, 4.69) is 4.74 Å². The van der Waals surface area contributed by atoms with Crippen LogP contribution < -0.4 is 0 Å². The van der Waals surface area contributed by atoms with E-state index >= 15 is 0 Å². The van der Waals surface area contributed by atoms with Crippen molar-refractivity contribution in [1.82, 2.24) is 0 Å². The molecular formula is C10H12O6. The van der Waals surface area contributed by atoms with Crippen molar-refractivity contribution in [3.8, 4) is 0 Å². The Balaban J connectivity index is 2.77. The molecule has 0 heterocycles. The lowest BCUT2D eigenvalue weighted by Gasteiger charge is -2.22. The van der Waals surface area contributed by atoms with Crippen molar-refractivity contribution in [1.29, 1.82) is 0 Å². The van der Waals surface area contributed by atoms with Crippen molar-refractivity contribution in [3.05, 3.63) is 0 Å². The number of esters is 1. The largest absolute Gasteiger partial charge is 0.481 e. The van der Waals surface area contributed by atoms with Crippen LogP contribution in [0.1, 0.15) is 19.8 Å². The molecule has 0 spiro atoms. The normalized spacial score (nSPS) is 25.3. The lowest BCUT2D eigenvalue weighted by molar-refractivity contribution is -0.160. The SMILES string of the molecule is CCOC(=O)C1C(=O)CC(C(=O)O)CC1=O. The number of hydrogen-bond donors (Lipinski definition) is 1. The number of hydrogen-bond acceptors (Lipinski definition) is 5. The molecule has 1 fully saturated rings. The van der Waals surface area contributed by atoms with E-state index in [-0.39, 0.29) is 19.4 Å². The van der Waals surface area contributed by atoms with Crippen LogP contribution in [0.2, 0.25) is 0 Å². The maximum atomic E-state index is 11.5. The third-order valence-corrected chi connectivity index (χ3v) is 2.41. The summed E-state index contributed by atoms with van der Waals surface area (Å²) in [5.41, 5.74) is 0. The van der Waals surface area contributed by atoms with E-state index in [1.54, 1.807) is 6.92 Å². The summed E-state index contributed by atoms with van der Waals surface area (Å²) in [5, 5.41) is 8.68. The molecule has 0 atom stereocenters. The molecule has 0 radical (unpaired) electrons. The number of carboxylic acids is 1. The molecule has 0 bridgehead atoms. The Hall–Kier alpha value is -1.72. The fourth-order valence-corrected chi connectivity index (χ4v) is 1.64. The van der Waals surface area contributed by atoms with E-state index in [9.17, 15) is 19.2 Å². The molecule has 1 aliphatic carbocycles. The van der Waals surface area contributed by atoms with Crippen molar-refractivity contribution >= 4 is 23.5 Å². The lowest BCUT2D eigenvalue weighted by Crippen LogP contribution is -2.41. The first kappa shape index (κ1) is 12.4. The topological polar surface area (TPSA) is 97.7 Å². The van der Waals surface area contributed by atoms with Crippen LogP contribution in [0.3, 0.4) is 0 Å². The van der Waals surface area contributed by atoms with Gasteiger partial charge in [-0.15, -0.1) is 0 Å². The van der Waals surface area contributed by atoms with Crippen molar-refractivity contribution in [2.75, 3.05) is 6.61 Å². The summed E-state index contributed by atoms with van der Waals surface area (Å²) in [7, 11) is 0. The Labute approximate surface area is 91.6 Å². The number of ketones is 2. The second-order valence-electron chi connectivity index (χ2n) is 3.56. The summed E-state index contributed by atoms with van der Waals surface area (Å²) < 4.78 is 4.59. The standard InChI is InChI=1S/C10H12O6/c1-2-16-10(15)8-6(11)3-5(9(13)14)4-7(8)12/h5,8H,2-4H2,1H3,(H,13,14). The van der Waals surface area contributed by atoms with Crippen molar-refractivity contribution in [3.63, 3.8) is 0 Å². The molecule has 0 unspecified atom stereocenters. The fourth-order valence-electron chi connectivity index (χ4n) is 1.64. The maximum Gasteiger partial charge on any atom is 0.324 e. The highest BCUT2D eigenvalue weighted by Gasteiger charge is 2.43. The Morgan fingerprint density at radius 2 is 1.81 bits per heavy atom. The van der Waals surface area contributed by atoms with Gasteiger partial charge in [0, 0.05) is 12.8 Å². The minimum atomic E-state index is -1.42. The molecule has 1 N–H and O–H groups in total. The van der Waals surface area contributed by atoms with Crippen molar-refractivity contribution in [2.45, 2.75) is 19.8 Å². The molecule has 0 aromatic rings. The fraction of sp³-hybridized carbons (Fsp3) is 0.600. The Kier molecular flexibility index (Phi) is 3.76. The Morgan fingerprint density at radius 3 is 2.19 bits per heavy atom. The number of Topliss-reactive ketones (excluding diaryl/α,β-unsaturated/α-hetero) is 2. The predicted octanol–water partition coefficient (Wildman–Crippen LogP) is -0.202. The van der Waals surface area contributed by atoms with Crippen LogP contribution in [-0.2, 0) is 23.9 Å². The molecule has 1 saturated carbocycles. The molecule has 1 aliphatic rings. The third kappa shape index (κ3) is 2.44. The van der Waals surface area contributed by atoms with Gasteiger partial charge in [-0.3, -0.25) is 19.2 Å². The smallest absolute Gasteiger partial charge is 0.324 e. The van der Waals surface area contributed by atoms with Crippen LogP contribution in [0.15, 0.2) is 0 Å². The number of carbonyl (C=O) groups is 4.